The molecule has 0 aromatic heterocycles. The Bertz CT molecular complexity index is 892. The molecule has 0 aliphatic carbocycles. The van der Waals surface area contributed by atoms with E-state index in [4.69, 9.17) is 0 Å². The van der Waals surface area contributed by atoms with Crippen LogP contribution in [0.2, 0.25) is 0 Å². The van der Waals surface area contributed by atoms with Gasteiger partial charge in [0.1, 0.15) is 5.82 Å². The third-order valence-corrected chi connectivity index (χ3v) is 6.41. The topological polar surface area (TPSA) is 57.7 Å². The molecule has 7 heteroatoms. The Labute approximate surface area is 153 Å². The van der Waals surface area contributed by atoms with Crippen molar-refractivity contribution < 1.29 is 17.6 Å². The molecule has 0 saturated carbocycles. The van der Waals surface area contributed by atoms with Crippen molar-refractivity contribution in [1.82, 2.24) is 9.21 Å². The summed E-state index contributed by atoms with van der Waals surface area (Å²) in [5.74, 6) is -0.809. The number of ketones is 1. The zero-order valence-electron chi connectivity index (χ0n) is 14.6. The highest BCUT2D eigenvalue weighted by atomic mass is 32.2. The van der Waals surface area contributed by atoms with Crippen LogP contribution in [0.5, 0.6) is 0 Å². The van der Waals surface area contributed by atoms with Crippen LogP contribution in [-0.4, -0.2) is 56.1 Å². The van der Waals surface area contributed by atoms with Gasteiger partial charge in [-0.15, -0.1) is 0 Å². The minimum atomic E-state index is -3.52. The van der Waals surface area contributed by atoms with Crippen molar-refractivity contribution >= 4 is 15.8 Å². The molecular formula is C19H21FN2O3S. The number of benzene rings is 2. The van der Waals surface area contributed by atoms with Crippen LogP contribution < -0.4 is 0 Å². The van der Waals surface area contributed by atoms with Gasteiger partial charge in [0.15, 0.2) is 5.78 Å². The molecule has 2 aromatic rings. The fourth-order valence-corrected chi connectivity index (χ4v) is 4.45. The van der Waals surface area contributed by atoms with Crippen LogP contribution in [0, 0.1) is 12.7 Å². The van der Waals surface area contributed by atoms with Crippen molar-refractivity contribution in [2.24, 2.45) is 0 Å². The number of halogens is 1. The summed E-state index contributed by atoms with van der Waals surface area (Å²) in [7, 11) is -3.52. The molecule has 1 heterocycles. The average molecular weight is 376 g/mol. The van der Waals surface area contributed by atoms with Gasteiger partial charge in [-0.05, 0) is 31.2 Å². The first-order chi connectivity index (χ1) is 12.4. The molecule has 0 unspecified atom stereocenters. The zero-order chi connectivity index (χ0) is 18.7. The lowest BCUT2D eigenvalue weighted by atomic mass is 10.1. The van der Waals surface area contributed by atoms with Gasteiger partial charge in [0.25, 0.3) is 0 Å². The Morgan fingerprint density at radius 3 is 2.35 bits per heavy atom. The van der Waals surface area contributed by atoms with Crippen molar-refractivity contribution in [2.45, 2.75) is 11.8 Å². The van der Waals surface area contributed by atoms with Crippen molar-refractivity contribution in [3.63, 3.8) is 0 Å². The molecule has 1 saturated heterocycles. The van der Waals surface area contributed by atoms with Crippen LogP contribution in [0.3, 0.4) is 0 Å². The van der Waals surface area contributed by atoms with E-state index in [1.165, 1.54) is 10.4 Å². The van der Waals surface area contributed by atoms with E-state index in [9.17, 15) is 17.6 Å². The maximum absolute atomic E-state index is 13.9. The third-order valence-electron chi connectivity index (χ3n) is 4.50. The number of rotatable bonds is 5. The Balaban J connectivity index is 1.62. The number of hydrogen-bond acceptors (Lipinski definition) is 4. The van der Waals surface area contributed by atoms with Gasteiger partial charge in [0.2, 0.25) is 10.0 Å². The highest BCUT2D eigenvalue weighted by Crippen LogP contribution is 2.18. The van der Waals surface area contributed by atoms with Gasteiger partial charge >= 0.3 is 0 Å². The van der Waals surface area contributed by atoms with E-state index in [0.29, 0.717) is 26.2 Å². The quantitative estimate of drug-likeness (QED) is 0.752. The van der Waals surface area contributed by atoms with E-state index in [1.807, 2.05) is 11.8 Å². The number of carbonyl (C=O) groups is 1. The molecule has 0 spiro atoms. The fraction of sp³-hybridized carbons (Fsp3) is 0.316. The van der Waals surface area contributed by atoms with Crippen LogP contribution >= 0.6 is 0 Å². The average Bonchev–Trinajstić information content (AvgIpc) is 2.65. The zero-order valence-corrected chi connectivity index (χ0v) is 15.4. The minimum Gasteiger partial charge on any atom is -0.293 e. The van der Waals surface area contributed by atoms with Gasteiger partial charge in [-0.3, -0.25) is 9.69 Å². The SMILES string of the molecule is Cc1ccc(F)c(C(=O)CN2CCN(S(=O)(=O)c3ccccc3)CC2)c1. The highest BCUT2D eigenvalue weighted by molar-refractivity contribution is 7.89. The first kappa shape index (κ1) is 18.7. The molecule has 3 rings (SSSR count). The van der Waals surface area contributed by atoms with Gasteiger partial charge in [-0.25, -0.2) is 12.8 Å². The summed E-state index contributed by atoms with van der Waals surface area (Å²) in [6, 6.07) is 12.8. The minimum absolute atomic E-state index is 0.0829. The first-order valence-electron chi connectivity index (χ1n) is 8.45. The summed E-state index contributed by atoms with van der Waals surface area (Å²) in [6.45, 7) is 3.38. The Morgan fingerprint density at radius 1 is 1.04 bits per heavy atom. The molecule has 138 valence electrons. The second-order valence-electron chi connectivity index (χ2n) is 6.40. The second kappa shape index (κ2) is 7.65. The summed E-state index contributed by atoms with van der Waals surface area (Å²) in [5.41, 5.74) is 0.915. The van der Waals surface area contributed by atoms with E-state index < -0.39 is 15.8 Å². The molecule has 0 amide bonds. The molecule has 1 fully saturated rings. The largest absolute Gasteiger partial charge is 0.293 e. The maximum atomic E-state index is 13.9. The number of sulfonamides is 1. The number of piperazine rings is 1. The molecule has 0 radical (unpaired) electrons. The monoisotopic (exact) mass is 376 g/mol. The predicted octanol–water partition coefficient (Wildman–Crippen LogP) is 2.32. The lowest BCUT2D eigenvalue weighted by molar-refractivity contribution is 0.0897. The van der Waals surface area contributed by atoms with Crippen LogP contribution in [0.1, 0.15) is 15.9 Å². The number of hydrogen-bond donors (Lipinski definition) is 0. The van der Waals surface area contributed by atoms with Crippen LogP contribution in [0.4, 0.5) is 4.39 Å². The lowest BCUT2D eigenvalue weighted by Crippen LogP contribution is -2.49. The smallest absolute Gasteiger partial charge is 0.243 e. The van der Waals surface area contributed by atoms with E-state index >= 15 is 0 Å². The molecule has 0 bridgehead atoms. The Hall–Kier alpha value is -2.09. The van der Waals surface area contributed by atoms with Gasteiger partial charge in [-0.2, -0.15) is 4.31 Å². The summed E-state index contributed by atoms with van der Waals surface area (Å²) in [6.07, 6.45) is 0. The lowest BCUT2D eigenvalue weighted by Gasteiger charge is -2.33. The second-order valence-corrected chi connectivity index (χ2v) is 8.34. The standard InChI is InChI=1S/C19H21FN2O3S/c1-15-7-8-18(20)17(13-15)19(23)14-21-9-11-22(12-10-21)26(24,25)16-5-3-2-4-6-16/h2-8,13H,9-12,14H2,1H3. The summed E-state index contributed by atoms with van der Waals surface area (Å²) in [5, 5.41) is 0. The molecule has 26 heavy (non-hydrogen) atoms. The van der Waals surface area contributed by atoms with E-state index in [1.54, 1.807) is 42.5 Å². The van der Waals surface area contributed by atoms with Crippen LogP contribution in [0.25, 0.3) is 0 Å². The molecule has 5 nitrogen and oxygen atoms in total. The van der Waals surface area contributed by atoms with Crippen molar-refractivity contribution in [3.8, 4) is 0 Å². The molecule has 2 aromatic carbocycles. The van der Waals surface area contributed by atoms with Crippen molar-refractivity contribution in [2.75, 3.05) is 32.7 Å². The Kier molecular flexibility index (Phi) is 5.50. The van der Waals surface area contributed by atoms with Gasteiger partial charge in [-0.1, -0.05) is 29.8 Å². The van der Waals surface area contributed by atoms with Gasteiger partial charge < -0.3 is 0 Å². The van der Waals surface area contributed by atoms with E-state index in [-0.39, 0.29) is 22.8 Å². The van der Waals surface area contributed by atoms with Gasteiger partial charge in [0, 0.05) is 26.2 Å². The maximum Gasteiger partial charge on any atom is 0.243 e. The Morgan fingerprint density at radius 2 is 1.69 bits per heavy atom. The number of carbonyl (C=O) groups excluding carboxylic acids is 1. The van der Waals surface area contributed by atoms with E-state index in [2.05, 4.69) is 0 Å². The highest BCUT2D eigenvalue weighted by Gasteiger charge is 2.29. The molecule has 1 aliphatic heterocycles. The number of nitrogens with zero attached hydrogens (tertiary/aromatic N) is 2. The first-order valence-corrected chi connectivity index (χ1v) is 9.89. The summed E-state index contributed by atoms with van der Waals surface area (Å²) >= 11 is 0. The fourth-order valence-electron chi connectivity index (χ4n) is 3.01. The predicted molar refractivity (Wildman–Crippen MR) is 97.1 cm³/mol. The molecule has 0 atom stereocenters. The van der Waals surface area contributed by atoms with Crippen LogP contribution in [-0.2, 0) is 10.0 Å². The van der Waals surface area contributed by atoms with Gasteiger partial charge in [0.05, 0.1) is 17.0 Å². The van der Waals surface area contributed by atoms with Crippen LogP contribution in [0.15, 0.2) is 53.4 Å². The third kappa shape index (κ3) is 4.00. The molecule has 1 aliphatic rings. The van der Waals surface area contributed by atoms with E-state index in [0.717, 1.165) is 5.56 Å². The normalized spacial score (nSPS) is 16.5. The van der Waals surface area contributed by atoms with Crippen molar-refractivity contribution in [1.29, 1.82) is 0 Å². The number of aryl methyl sites for hydroxylation is 1. The summed E-state index contributed by atoms with van der Waals surface area (Å²) in [4.78, 5) is 14.5. The van der Waals surface area contributed by atoms with Crippen molar-refractivity contribution in [3.05, 3.63) is 65.5 Å². The number of Topliss-reactive ketones (excluding diaryl/α,β-unsaturated/α-hetero) is 1. The summed E-state index contributed by atoms with van der Waals surface area (Å²) < 4.78 is 40.5. The molecular weight excluding hydrogens is 355 g/mol. The molecule has 0 N–H and O–H groups in total.